The van der Waals surface area contributed by atoms with Gasteiger partial charge >= 0.3 is 0 Å². The molecule has 0 aromatic rings. The van der Waals surface area contributed by atoms with Gasteiger partial charge < -0.3 is 15.8 Å². The molecule has 3 nitrogen and oxygen atoms in total. The summed E-state index contributed by atoms with van der Waals surface area (Å²) in [6, 6.07) is 1.25. The molecule has 1 aliphatic carbocycles. The molecular formula is C11H24N2O. The summed E-state index contributed by atoms with van der Waals surface area (Å²) in [5, 5.41) is 3.65. The lowest BCUT2D eigenvalue weighted by atomic mass is 10.1. The average Bonchev–Trinajstić information content (AvgIpc) is 2.93. The molecule has 1 fully saturated rings. The van der Waals surface area contributed by atoms with Crippen LogP contribution in [-0.2, 0) is 4.74 Å². The van der Waals surface area contributed by atoms with Crippen molar-refractivity contribution in [3.63, 3.8) is 0 Å². The van der Waals surface area contributed by atoms with Gasteiger partial charge in [-0.05, 0) is 31.7 Å². The van der Waals surface area contributed by atoms with E-state index < -0.39 is 0 Å². The molecule has 0 amide bonds. The van der Waals surface area contributed by atoms with Crippen molar-refractivity contribution >= 4 is 0 Å². The van der Waals surface area contributed by atoms with E-state index in [1.807, 2.05) is 0 Å². The molecule has 1 saturated carbocycles. The van der Waals surface area contributed by atoms with Gasteiger partial charge in [-0.3, -0.25) is 0 Å². The van der Waals surface area contributed by atoms with Crippen molar-refractivity contribution in [2.24, 2.45) is 11.7 Å². The van der Waals surface area contributed by atoms with Gasteiger partial charge in [0.15, 0.2) is 0 Å². The monoisotopic (exact) mass is 200 g/mol. The van der Waals surface area contributed by atoms with Crippen LogP contribution in [0.15, 0.2) is 0 Å². The molecule has 0 aromatic carbocycles. The van der Waals surface area contributed by atoms with Crippen LogP contribution in [0.1, 0.15) is 32.6 Å². The van der Waals surface area contributed by atoms with Crippen LogP contribution in [0.2, 0.25) is 0 Å². The number of ether oxygens (including phenoxy) is 1. The van der Waals surface area contributed by atoms with Crippen molar-refractivity contribution in [3.05, 3.63) is 0 Å². The molecule has 0 saturated heterocycles. The van der Waals surface area contributed by atoms with Crippen LogP contribution in [0.5, 0.6) is 0 Å². The number of nitrogens with one attached hydrogen (secondary N) is 1. The van der Waals surface area contributed by atoms with E-state index in [9.17, 15) is 0 Å². The van der Waals surface area contributed by atoms with Crippen LogP contribution in [0.3, 0.4) is 0 Å². The van der Waals surface area contributed by atoms with Crippen LogP contribution in [0.25, 0.3) is 0 Å². The van der Waals surface area contributed by atoms with E-state index in [1.54, 1.807) is 7.11 Å². The average molecular weight is 200 g/mol. The highest BCUT2D eigenvalue weighted by molar-refractivity contribution is 4.93. The number of methoxy groups -OCH3 is 1. The minimum atomic E-state index is 0.505. The molecule has 3 heteroatoms. The van der Waals surface area contributed by atoms with E-state index in [4.69, 9.17) is 10.5 Å². The van der Waals surface area contributed by atoms with E-state index in [0.717, 1.165) is 38.0 Å². The smallest absolute Gasteiger partial charge is 0.0615 e. The molecule has 1 rings (SSSR count). The first-order chi connectivity index (χ1) is 6.81. The van der Waals surface area contributed by atoms with Gasteiger partial charge in [0.2, 0.25) is 0 Å². The Morgan fingerprint density at radius 2 is 2.36 bits per heavy atom. The third-order valence-corrected chi connectivity index (χ3v) is 3.02. The van der Waals surface area contributed by atoms with Gasteiger partial charge in [-0.25, -0.2) is 0 Å². The predicted octanol–water partition coefficient (Wildman–Crippen LogP) is 1.13. The van der Waals surface area contributed by atoms with Crippen molar-refractivity contribution < 1.29 is 4.74 Å². The van der Waals surface area contributed by atoms with Crippen LogP contribution in [0, 0.1) is 5.92 Å². The van der Waals surface area contributed by atoms with Crippen molar-refractivity contribution in [3.8, 4) is 0 Å². The largest absolute Gasteiger partial charge is 0.383 e. The summed E-state index contributed by atoms with van der Waals surface area (Å²) in [5.41, 5.74) is 5.50. The molecule has 0 spiro atoms. The first kappa shape index (κ1) is 12.0. The fraction of sp³-hybridized carbons (Fsp3) is 1.00. The normalized spacial score (nSPS) is 27.6. The number of hydrogen-bond donors (Lipinski definition) is 2. The van der Waals surface area contributed by atoms with Gasteiger partial charge in [0.05, 0.1) is 6.61 Å². The van der Waals surface area contributed by atoms with E-state index in [2.05, 4.69) is 12.2 Å². The summed E-state index contributed by atoms with van der Waals surface area (Å²) in [7, 11) is 1.77. The topological polar surface area (TPSA) is 47.3 Å². The maximum atomic E-state index is 5.50. The van der Waals surface area contributed by atoms with Crippen molar-refractivity contribution in [2.75, 3.05) is 20.3 Å². The molecule has 0 radical (unpaired) electrons. The molecular weight excluding hydrogens is 176 g/mol. The highest BCUT2D eigenvalue weighted by Gasteiger charge is 2.36. The lowest BCUT2D eigenvalue weighted by Crippen LogP contribution is -2.36. The summed E-state index contributed by atoms with van der Waals surface area (Å²) in [4.78, 5) is 0. The zero-order chi connectivity index (χ0) is 10.4. The zero-order valence-electron chi connectivity index (χ0n) is 9.46. The molecule has 0 aliphatic heterocycles. The minimum Gasteiger partial charge on any atom is -0.383 e. The standard InChI is InChI=1S/C11H24N2O/c1-3-9-7-11(9)13-10(8-14-2)5-4-6-12/h9-11,13H,3-8,12H2,1-2H3. The molecule has 3 N–H and O–H groups in total. The number of nitrogens with two attached hydrogens (primary N) is 1. The second kappa shape index (κ2) is 6.38. The lowest BCUT2D eigenvalue weighted by Gasteiger charge is -2.17. The van der Waals surface area contributed by atoms with Crippen LogP contribution >= 0.6 is 0 Å². The molecule has 0 heterocycles. The van der Waals surface area contributed by atoms with Crippen LogP contribution < -0.4 is 11.1 Å². The Balaban J connectivity index is 2.15. The Hall–Kier alpha value is -0.120. The predicted molar refractivity (Wildman–Crippen MR) is 59.3 cm³/mol. The molecule has 1 aliphatic rings. The third-order valence-electron chi connectivity index (χ3n) is 3.02. The Labute approximate surface area is 87.4 Å². The number of rotatable bonds is 8. The van der Waals surface area contributed by atoms with Gasteiger partial charge in [0, 0.05) is 19.2 Å². The number of hydrogen-bond acceptors (Lipinski definition) is 3. The third kappa shape index (κ3) is 3.95. The summed E-state index contributed by atoms with van der Waals surface area (Å²) >= 11 is 0. The lowest BCUT2D eigenvalue weighted by molar-refractivity contribution is 0.160. The Kier molecular flexibility index (Phi) is 5.45. The maximum Gasteiger partial charge on any atom is 0.0615 e. The minimum absolute atomic E-state index is 0.505. The summed E-state index contributed by atoms with van der Waals surface area (Å²) < 4.78 is 5.20. The second-order valence-corrected chi connectivity index (χ2v) is 4.26. The Bertz CT molecular complexity index is 152. The van der Waals surface area contributed by atoms with Gasteiger partial charge in [0.25, 0.3) is 0 Å². The first-order valence-corrected chi connectivity index (χ1v) is 5.76. The van der Waals surface area contributed by atoms with Gasteiger partial charge in [-0.15, -0.1) is 0 Å². The van der Waals surface area contributed by atoms with Gasteiger partial charge in [-0.2, -0.15) is 0 Å². The second-order valence-electron chi connectivity index (χ2n) is 4.26. The van der Waals surface area contributed by atoms with Crippen LogP contribution in [0.4, 0.5) is 0 Å². The fourth-order valence-corrected chi connectivity index (χ4v) is 1.99. The van der Waals surface area contributed by atoms with Crippen molar-refractivity contribution in [1.82, 2.24) is 5.32 Å². The Morgan fingerprint density at radius 3 is 2.86 bits per heavy atom. The van der Waals surface area contributed by atoms with Crippen molar-refractivity contribution in [2.45, 2.75) is 44.7 Å². The molecule has 3 atom stereocenters. The zero-order valence-corrected chi connectivity index (χ0v) is 9.46. The van der Waals surface area contributed by atoms with Gasteiger partial charge in [-0.1, -0.05) is 13.3 Å². The fourth-order valence-electron chi connectivity index (χ4n) is 1.99. The summed E-state index contributed by atoms with van der Waals surface area (Å²) in [6.07, 6.45) is 4.87. The van der Waals surface area contributed by atoms with E-state index in [1.165, 1.54) is 12.8 Å². The highest BCUT2D eigenvalue weighted by Crippen LogP contribution is 2.33. The van der Waals surface area contributed by atoms with E-state index >= 15 is 0 Å². The molecule has 0 bridgehead atoms. The molecule has 0 aromatic heterocycles. The van der Waals surface area contributed by atoms with Crippen LogP contribution in [-0.4, -0.2) is 32.3 Å². The van der Waals surface area contributed by atoms with Crippen molar-refractivity contribution in [1.29, 1.82) is 0 Å². The molecule has 14 heavy (non-hydrogen) atoms. The SMILES string of the molecule is CCC1CC1NC(CCCN)COC. The van der Waals surface area contributed by atoms with E-state index in [-0.39, 0.29) is 0 Å². The maximum absolute atomic E-state index is 5.50. The first-order valence-electron chi connectivity index (χ1n) is 5.76. The molecule has 3 unspecified atom stereocenters. The summed E-state index contributed by atoms with van der Waals surface area (Å²) in [5.74, 6) is 0.909. The van der Waals surface area contributed by atoms with E-state index in [0.29, 0.717) is 6.04 Å². The highest BCUT2D eigenvalue weighted by atomic mass is 16.5. The summed E-state index contributed by atoms with van der Waals surface area (Å²) in [6.45, 7) is 3.86. The molecule has 84 valence electrons. The Morgan fingerprint density at radius 1 is 1.57 bits per heavy atom. The van der Waals surface area contributed by atoms with Gasteiger partial charge in [0.1, 0.15) is 0 Å². The quantitative estimate of drug-likeness (QED) is 0.617.